The van der Waals surface area contributed by atoms with Crippen molar-refractivity contribution >= 4 is 31.6 Å². The minimum absolute atomic E-state index is 0.107. The van der Waals surface area contributed by atoms with E-state index >= 15 is 0 Å². The fourth-order valence-corrected chi connectivity index (χ4v) is 4.48. The predicted molar refractivity (Wildman–Crippen MR) is 114 cm³/mol. The van der Waals surface area contributed by atoms with E-state index in [9.17, 15) is 13.8 Å². The van der Waals surface area contributed by atoms with Crippen molar-refractivity contribution in [2.45, 2.75) is 43.7 Å². The van der Waals surface area contributed by atoms with Crippen LogP contribution in [0, 0.1) is 18.4 Å². The van der Waals surface area contributed by atoms with Crippen LogP contribution in [0.4, 0.5) is 0 Å². The molecular formula is C20H21BrN4O3S. The average molecular weight is 477 g/mol. The number of rotatable bonds is 5. The zero-order chi connectivity index (χ0) is 21.2. The van der Waals surface area contributed by atoms with Gasteiger partial charge >= 0.3 is 0 Å². The Bertz CT molecular complexity index is 1170. The highest BCUT2D eigenvalue weighted by Gasteiger charge is 2.24. The molecule has 152 valence electrons. The number of benzene rings is 1. The van der Waals surface area contributed by atoms with Crippen LogP contribution in [0.15, 0.2) is 49.0 Å². The molecule has 1 aliphatic carbocycles. The first-order chi connectivity index (χ1) is 13.7. The number of nitrogens with zero attached hydrogens (tertiary/aromatic N) is 3. The molecule has 1 N–H and O–H groups in total. The van der Waals surface area contributed by atoms with Gasteiger partial charge in [0, 0.05) is 35.6 Å². The Morgan fingerprint density at radius 1 is 1.38 bits per heavy atom. The third-order valence-electron chi connectivity index (χ3n) is 5.16. The van der Waals surface area contributed by atoms with Gasteiger partial charge in [-0.05, 0) is 59.8 Å². The first kappa shape index (κ1) is 21.3. The second-order valence-electron chi connectivity index (χ2n) is 7.08. The fourth-order valence-electron chi connectivity index (χ4n) is 3.16. The average Bonchev–Trinajstić information content (AvgIpc) is 2.65. The maximum absolute atomic E-state index is 12.7. The molecule has 1 amide bonds. The van der Waals surface area contributed by atoms with Gasteiger partial charge in [0.15, 0.2) is 0 Å². The number of nitriles is 1. The molecule has 2 aromatic rings. The van der Waals surface area contributed by atoms with E-state index in [0.717, 1.165) is 30.5 Å². The Hall–Kier alpha value is -2.44. The van der Waals surface area contributed by atoms with Crippen molar-refractivity contribution < 1.29 is 9.00 Å². The van der Waals surface area contributed by atoms with Gasteiger partial charge in [-0.15, -0.1) is 4.36 Å². The monoisotopic (exact) mass is 476 g/mol. The molecule has 1 atom stereocenters. The third kappa shape index (κ3) is 4.43. The fraction of sp³-hybridized carbons (Fsp3) is 0.350. The number of pyridine rings is 1. The lowest BCUT2D eigenvalue weighted by Gasteiger charge is -2.31. The molecule has 29 heavy (non-hydrogen) atoms. The zero-order valence-electron chi connectivity index (χ0n) is 16.1. The number of hydrogen-bond acceptors (Lipinski definition) is 5. The molecule has 0 aliphatic heterocycles. The lowest BCUT2D eigenvalue weighted by atomic mass is 9.92. The summed E-state index contributed by atoms with van der Waals surface area (Å²) in [5, 5.41) is 11.4. The Kier molecular flexibility index (Phi) is 6.24. The predicted octanol–water partition coefficient (Wildman–Crippen LogP) is 3.51. The van der Waals surface area contributed by atoms with Crippen LogP contribution in [0.25, 0.3) is 0 Å². The second-order valence-corrected chi connectivity index (χ2v) is 10.1. The largest absolute Gasteiger partial charge is 0.348 e. The quantitative estimate of drug-likeness (QED) is 0.666. The molecule has 0 radical (unpaired) electrons. The molecular weight excluding hydrogens is 456 g/mol. The van der Waals surface area contributed by atoms with Gasteiger partial charge in [-0.3, -0.25) is 9.59 Å². The Balaban J connectivity index is 1.77. The van der Waals surface area contributed by atoms with E-state index < -0.39 is 15.6 Å². The molecule has 3 rings (SSSR count). The minimum atomic E-state index is -2.75. The highest BCUT2D eigenvalue weighted by molar-refractivity contribution is 9.10. The first-order valence-electron chi connectivity index (χ1n) is 9.13. The van der Waals surface area contributed by atoms with Crippen molar-refractivity contribution in [3.8, 4) is 6.19 Å². The summed E-state index contributed by atoms with van der Waals surface area (Å²) in [6.45, 7) is 2.09. The summed E-state index contributed by atoms with van der Waals surface area (Å²) in [6.07, 6.45) is 7.86. The van der Waals surface area contributed by atoms with E-state index in [1.54, 1.807) is 36.7 Å². The number of hydrogen-bond donors (Lipinski definition) is 1. The molecule has 0 saturated heterocycles. The summed E-state index contributed by atoms with van der Waals surface area (Å²) < 4.78 is 18.1. The van der Waals surface area contributed by atoms with Gasteiger partial charge in [-0.2, -0.15) is 5.26 Å². The number of carbonyl (C=O) groups is 1. The highest BCUT2D eigenvalue weighted by atomic mass is 79.9. The summed E-state index contributed by atoms with van der Waals surface area (Å²) in [6, 6.07) is 6.99. The van der Waals surface area contributed by atoms with Crippen molar-refractivity contribution in [1.82, 2.24) is 9.88 Å². The molecule has 0 bridgehead atoms. The van der Waals surface area contributed by atoms with Gasteiger partial charge in [0.1, 0.15) is 5.56 Å². The smallest absolute Gasteiger partial charge is 0.257 e. The number of amides is 1. The first-order valence-corrected chi connectivity index (χ1v) is 11.8. The van der Waals surface area contributed by atoms with E-state index in [4.69, 9.17) is 5.26 Å². The van der Waals surface area contributed by atoms with Crippen LogP contribution in [0.1, 0.15) is 46.9 Å². The molecule has 9 heteroatoms. The van der Waals surface area contributed by atoms with E-state index in [2.05, 4.69) is 25.6 Å². The van der Waals surface area contributed by atoms with Crippen molar-refractivity contribution in [3.63, 3.8) is 0 Å². The summed E-state index contributed by atoms with van der Waals surface area (Å²) in [5.74, 6) is -0.438. The molecule has 1 fully saturated rings. The van der Waals surface area contributed by atoms with Gasteiger partial charge in [-0.25, -0.2) is 4.21 Å². The molecule has 7 nitrogen and oxygen atoms in total. The van der Waals surface area contributed by atoms with Crippen LogP contribution in [0.2, 0.25) is 0 Å². The van der Waals surface area contributed by atoms with E-state index in [-0.39, 0.29) is 17.5 Å². The summed E-state index contributed by atoms with van der Waals surface area (Å²) in [5.41, 5.74) is 1.39. The molecule has 1 unspecified atom stereocenters. The summed E-state index contributed by atoms with van der Waals surface area (Å²) in [7, 11) is -2.75. The van der Waals surface area contributed by atoms with E-state index in [1.807, 2.05) is 11.5 Å². The molecule has 1 saturated carbocycles. The van der Waals surface area contributed by atoms with Gasteiger partial charge < -0.3 is 9.88 Å². The Morgan fingerprint density at radius 3 is 2.59 bits per heavy atom. The summed E-state index contributed by atoms with van der Waals surface area (Å²) >= 11 is 3.33. The van der Waals surface area contributed by atoms with Gasteiger partial charge in [-0.1, -0.05) is 12.1 Å². The van der Waals surface area contributed by atoms with Crippen molar-refractivity contribution in [3.05, 3.63) is 62.0 Å². The topological polar surface area (TPSA) is 104 Å². The molecule has 1 aromatic carbocycles. The normalized spacial score (nSPS) is 15.7. The Labute approximate surface area is 178 Å². The van der Waals surface area contributed by atoms with Crippen LogP contribution in [-0.2, 0) is 16.3 Å². The van der Waals surface area contributed by atoms with Crippen LogP contribution in [-0.4, -0.2) is 20.9 Å². The maximum atomic E-state index is 12.7. The van der Waals surface area contributed by atoms with Crippen molar-refractivity contribution in [1.29, 1.82) is 5.26 Å². The molecule has 1 heterocycles. The number of nitrogens with one attached hydrogen (secondary N) is 1. The lowest BCUT2D eigenvalue weighted by Crippen LogP contribution is -2.32. The molecule has 1 aliphatic rings. The number of carbonyl (C=O) groups excluding carboxylic acids is 1. The van der Waals surface area contributed by atoms with Crippen LogP contribution >= 0.6 is 15.9 Å². The van der Waals surface area contributed by atoms with Crippen LogP contribution < -0.4 is 10.7 Å². The van der Waals surface area contributed by atoms with Crippen LogP contribution in [0.5, 0.6) is 0 Å². The lowest BCUT2D eigenvalue weighted by molar-refractivity contribution is 0.0948. The SMILES string of the molecule is Cc1c(Br)c(=O)c(C(=O)NCc2ccc(S(C)(=O)=NC#N)cc2)cn1C1CCC1. The standard InChI is InChI=1S/C20H21BrN4O3S/c1-13-18(21)19(26)17(11-25(13)15-4-3-5-15)20(27)23-10-14-6-8-16(9-7-14)29(2,28)24-12-22/h6-9,11,15H,3-5,10H2,1-2H3,(H,23,27). The zero-order valence-corrected chi connectivity index (χ0v) is 18.5. The maximum Gasteiger partial charge on any atom is 0.257 e. The van der Waals surface area contributed by atoms with Gasteiger partial charge in [0.25, 0.3) is 5.91 Å². The minimum Gasteiger partial charge on any atom is -0.348 e. The highest BCUT2D eigenvalue weighted by Crippen LogP contribution is 2.33. The molecule has 0 spiro atoms. The third-order valence-corrected chi connectivity index (χ3v) is 7.67. The second kappa shape index (κ2) is 8.51. The van der Waals surface area contributed by atoms with E-state index in [1.165, 1.54) is 6.26 Å². The number of aromatic nitrogens is 1. The van der Waals surface area contributed by atoms with Crippen molar-refractivity contribution in [2.75, 3.05) is 6.26 Å². The molecule has 1 aromatic heterocycles. The van der Waals surface area contributed by atoms with Gasteiger partial charge in [0.05, 0.1) is 14.2 Å². The Morgan fingerprint density at radius 2 is 2.03 bits per heavy atom. The van der Waals surface area contributed by atoms with Crippen LogP contribution in [0.3, 0.4) is 0 Å². The van der Waals surface area contributed by atoms with E-state index in [0.29, 0.717) is 15.4 Å². The number of halogens is 1. The van der Waals surface area contributed by atoms with Crippen molar-refractivity contribution in [2.24, 2.45) is 4.36 Å². The van der Waals surface area contributed by atoms with Gasteiger partial charge in [0.2, 0.25) is 11.6 Å². The summed E-state index contributed by atoms with van der Waals surface area (Å²) in [4.78, 5) is 25.6.